The van der Waals surface area contributed by atoms with E-state index in [0.717, 1.165) is 29.7 Å². The Morgan fingerprint density at radius 1 is 1.30 bits per heavy atom. The second-order valence-corrected chi connectivity index (χ2v) is 5.76. The SMILES string of the molecule is Cc1cccc(C(=O)NC2C(C)CCNC2C)c1C.Cl. The van der Waals surface area contributed by atoms with Crippen LogP contribution in [0.25, 0.3) is 0 Å². The highest BCUT2D eigenvalue weighted by Crippen LogP contribution is 2.18. The van der Waals surface area contributed by atoms with Gasteiger partial charge >= 0.3 is 0 Å². The van der Waals surface area contributed by atoms with Crippen LogP contribution in [0.2, 0.25) is 0 Å². The first-order chi connectivity index (χ1) is 9.00. The fourth-order valence-electron chi connectivity index (χ4n) is 2.83. The van der Waals surface area contributed by atoms with Crippen LogP contribution in [0.15, 0.2) is 18.2 Å². The Balaban J connectivity index is 0.00000200. The molecule has 4 heteroatoms. The highest BCUT2D eigenvalue weighted by Gasteiger charge is 2.29. The molecule has 0 bridgehead atoms. The summed E-state index contributed by atoms with van der Waals surface area (Å²) < 4.78 is 0. The molecular formula is C16H25ClN2O. The van der Waals surface area contributed by atoms with Crippen LogP contribution in [0.1, 0.15) is 41.8 Å². The maximum atomic E-state index is 12.4. The van der Waals surface area contributed by atoms with Gasteiger partial charge in [-0.1, -0.05) is 19.1 Å². The summed E-state index contributed by atoms with van der Waals surface area (Å²) in [5.41, 5.74) is 3.03. The van der Waals surface area contributed by atoms with Crippen LogP contribution in [0.3, 0.4) is 0 Å². The zero-order valence-electron chi connectivity index (χ0n) is 12.7. The summed E-state index contributed by atoms with van der Waals surface area (Å²) in [7, 11) is 0. The van der Waals surface area contributed by atoms with Crippen molar-refractivity contribution < 1.29 is 4.79 Å². The minimum Gasteiger partial charge on any atom is -0.347 e. The quantitative estimate of drug-likeness (QED) is 0.881. The highest BCUT2D eigenvalue weighted by atomic mass is 35.5. The number of amides is 1. The Kier molecular flexibility index (Phi) is 6.03. The molecule has 1 aliphatic rings. The number of rotatable bonds is 2. The van der Waals surface area contributed by atoms with Crippen LogP contribution >= 0.6 is 12.4 Å². The normalized spacial score (nSPS) is 25.7. The van der Waals surface area contributed by atoms with E-state index in [9.17, 15) is 4.79 Å². The third kappa shape index (κ3) is 3.53. The molecule has 2 rings (SSSR count). The van der Waals surface area contributed by atoms with Gasteiger partial charge in [0.2, 0.25) is 0 Å². The molecule has 1 saturated heterocycles. The molecule has 1 amide bonds. The van der Waals surface area contributed by atoms with E-state index in [1.54, 1.807) is 0 Å². The van der Waals surface area contributed by atoms with Crippen molar-refractivity contribution in [2.45, 2.75) is 46.2 Å². The van der Waals surface area contributed by atoms with Crippen LogP contribution in [-0.4, -0.2) is 24.5 Å². The number of carbonyl (C=O) groups is 1. The number of carbonyl (C=O) groups excluding carboxylic acids is 1. The van der Waals surface area contributed by atoms with Crippen molar-refractivity contribution in [2.75, 3.05) is 6.54 Å². The van der Waals surface area contributed by atoms with Crippen LogP contribution < -0.4 is 10.6 Å². The first-order valence-electron chi connectivity index (χ1n) is 7.11. The molecule has 0 radical (unpaired) electrons. The Hall–Kier alpha value is -1.06. The number of piperidine rings is 1. The third-order valence-corrected chi connectivity index (χ3v) is 4.36. The molecule has 20 heavy (non-hydrogen) atoms. The van der Waals surface area contributed by atoms with Crippen LogP contribution in [0.5, 0.6) is 0 Å². The summed E-state index contributed by atoms with van der Waals surface area (Å²) in [4.78, 5) is 12.4. The Labute approximate surface area is 127 Å². The zero-order chi connectivity index (χ0) is 14.0. The summed E-state index contributed by atoms with van der Waals surface area (Å²) in [6.45, 7) is 9.45. The molecule has 0 saturated carbocycles. The predicted molar refractivity (Wildman–Crippen MR) is 85.7 cm³/mol. The number of benzene rings is 1. The van der Waals surface area contributed by atoms with Crippen molar-refractivity contribution in [1.29, 1.82) is 0 Å². The third-order valence-electron chi connectivity index (χ3n) is 4.36. The lowest BCUT2D eigenvalue weighted by Crippen LogP contribution is -2.56. The molecule has 0 aliphatic carbocycles. The van der Waals surface area contributed by atoms with Gasteiger partial charge in [-0.3, -0.25) is 4.79 Å². The molecule has 0 spiro atoms. The van der Waals surface area contributed by atoms with Crippen LogP contribution in [-0.2, 0) is 0 Å². The number of nitrogens with one attached hydrogen (secondary N) is 2. The van der Waals surface area contributed by atoms with E-state index >= 15 is 0 Å². The molecule has 0 aromatic heterocycles. The topological polar surface area (TPSA) is 41.1 Å². The number of hydrogen-bond acceptors (Lipinski definition) is 2. The molecule has 1 heterocycles. The van der Waals surface area contributed by atoms with E-state index in [2.05, 4.69) is 24.5 Å². The van der Waals surface area contributed by atoms with E-state index in [-0.39, 0.29) is 24.4 Å². The molecule has 1 aromatic carbocycles. The highest BCUT2D eigenvalue weighted by molar-refractivity contribution is 5.96. The predicted octanol–water partition coefficient (Wildman–Crippen LogP) is 2.84. The summed E-state index contributed by atoms with van der Waals surface area (Å²) in [6.07, 6.45) is 1.11. The first kappa shape index (κ1) is 17.0. The van der Waals surface area contributed by atoms with Crippen LogP contribution in [0.4, 0.5) is 0 Å². The Morgan fingerprint density at radius 3 is 2.65 bits per heavy atom. The molecular weight excluding hydrogens is 272 g/mol. The minimum atomic E-state index is 0. The molecule has 3 unspecified atom stereocenters. The van der Waals surface area contributed by atoms with Gasteiger partial charge in [-0.25, -0.2) is 0 Å². The van der Waals surface area contributed by atoms with Crippen LogP contribution in [0, 0.1) is 19.8 Å². The average molecular weight is 297 g/mol. The van der Waals surface area contributed by atoms with Crippen molar-refractivity contribution >= 4 is 18.3 Å². The fraction of sp³-hybridized carbons (Fsp3) is 0.562. The van der Waals surface area contributed by atoms with E-state index in [1.807, 2.05) is 32.0 Å². The van der Waals surface area contributed by atoms with Gasteiger partial charge in [-0.2, -0.15) is 0 Å². The lowest BCUT2D eigenvalue weighted by Gasteiger charge is -2.36. The first-order valence-corrected chi connectivity index (χ1v) is 7.11. The maximum absolute atomic E-state index is 12.4. The summed E-state index contributed by atoms with van der Waals surface area (Å²) in [6, 6.07) is 6.44. The second-order valence-electron chi connectivity index (χ2n) is 5.76. The van der Waals surface area contributed by atoms with Gasteiger partial charge in [-0.15, -0.1) is 12.4 Å². The Bertz CT molecular complexity index is 466. The molecule has 1 aromatic rings. The van der Waals surface area contributed by atoms with Crippen molar-refractivity contribution in [2.24, 2.45) is 5.92 Å². The minimum absolute atomic E-state index is 0. The molecule has 3 nitrogen and oxygen atoms in total. The molecule has 1 aliphatic heterocycles. The largest absolute Gasteiger partial charge is 0.347 e. The van der Waals surface area contributed by atoms with E-state index in [1.165, 1.54) is 0 Å². The maximum Gasteiger partial charge on any atom is 0.251 e. The fourth-order valence-corrected chi connectivity index (χ4v) is 2.83. The number of aryl methyl sites for hydroxylation is 1. The van der Waals surface area contributed by atoms with E-state index in [4.69, 9.17) is 0 Å². The van der Waals surface area contributed by atoms with Crippen molar-refractivity contribution in [3.63, 3.8) is 0 Å². The molecule has 3 atom stereocenters. The van der Waals surface area contributed by atoms with E-state index < -0.39 is 0 Å². The van der Waals surface area contributed by atoms with Gasteiger partial charge < -0.3 is 10.6 Å². The second kappa shape index (κ2) is 7.09. The summed E-state index contributed by atoms with van der Waals surface area (Å²) >= 11 is 0. The van der Waals surface area contributed by atoms with Gasteiger partial charge in [0, 0.05) is 17.6 Å². The van der Waals surface area contributed by atoms with Gasteiger partial charge in [0.1, 0.15) is 0 Å². The number of halogens is 1. The van der Waals surface area contributed by atoms with Crippen molar-refractivity contribution in [3.8, 4) is 0 Å². The van der Waals surface area contributed by atoms with E-state index in [0.29, 0.717) is 12.0 Å². The number of hydrogen-bond donors (Lipinski definition) is 2. The average Bonchev–Trinajstić information content (AvgIpc) is 2.37. The zero-order valence-corrected chi connectivity index (χ0v) is 13.5. The lowest BCUT2D eigenvalue weighted by molar-refractivity contribution is 0.0897. The van der Waals surface area contributed by atoms with Gasteiger partial charge in [0.15, 0.2) is 0 Å². The van der Waals surface area contributed by atoms with Gasteiger partial charge in [0.05, 0.1) is 0 Å². The van der Waals surface area contributed by atoms with Crippen molar-refractivity contribution in [3.05, 3.63) is 34.9 Å². The smallest absolute Gasteiger partial charge is 0.251 e. The summed E-state index contributed by atoms with van der Waals surface area (Å²) in [5, 5.41) is 6.63. The van der Waals surface area contributed by atoms with Gasteiger partial charge in [-0.05, 0) is 56.8 Å². The molecule has 2 N–H and O–H groups in total. The monoisotopic (exact) mass is 296 g/mol. The molecule has 112 valence electrons. The lowest BCUT2D eigenvalue weighted by atomic mass is 9.88. The van der Waals surface area contributed by atoms with Gasteiger partial charge in [0.25, 0.3) is 5.91 Å². The standard InChI is InChI=1S/C16H24N2O.ClH/c1-10-6-5-7-14(12(10)3)16(19)18-15-11(2)8-9-17-13(15)4;/h5-7,11,13,15,17H,8-9H2,1-4H3,(H,18,19);1H. The van der Waals surface area contributed by atoms with Crippen molar-refractivity contribution in [1.82, 2.24) is 10.6 Å². The Morgan fingerprint density at radius 2 is 2.00 bits per heavy atom. The molecule has 1 fully saturated rings. The summed E-state index contributed by atoms with van der Waals surface area (Å²) in [5.74, 6) is 0.568.